The lowest BCUT2D eigenvalue weighted by Gasteiger charge is -2.15. The Hall–Kier alpha value is -0.870. The summed E-state index contributed by atoms with van der Waals surface area (Å²) in [5.41, 5.74) is 7.54. The Labute approximate surface area is 89.8 Å². The second-order valence-corrected chi connectivity index (χ2v) is 4.95. The highest BCUT2D eigenvalue weighted by atomic mass is 15.3. The number of nitrogens with one attached hydrogen (secondary N) is 1. The molecule has 0 aromatic carbocycles. The SMILES string of the molecule is NC1(Cc2ccnn2C2CCNC2)CC1. The smallest absolute Gasteiger partial charge is 0.0658 e. The van der Waals surface area contributed by atoms with E-state index in [1.165, 1.54) is 25.0 Å². The van der Waals surface area contributed by atoms with Crippen LogP contribution in [-0.2, 0) is 6.42 Å². The second kappa shape index (κ2) is 3.32. The zero-order valence-corrected chi connectivity index (χ0v) is 8.95. The van der Waals surface area contributed by atoms with Crippen molar-refractivity contribution in [2.75, 3.05) is 13.1 Å². The summed E-state index contributed by atoms with van der Waals surface area (Å²) in [6.07, 6.45) is 6.41. The van der Waals surface area contributed by atoms with Crippen LogP contribution in [0.25, 0.3) is 0 Å². The van der Waals surface area contributed by atoms with E-state index in [1.807, 2.05) is 6.20 Å². The molecule has 2 aliphatic rings. The van der Waals surface area contributed by atoms with Crippen molar-refractivity contribution in [1.82, 2.24) is 15.1 Å². The van der Waals surface area contributed by atoms with E-state index in [0.717, 1.165) is 19.5 Å². The Morgan fingerprint density at radius 3 is 3.13 bits per heavy atom. The number of hydrogen-bond acceptors (Lipinski definition) is 3. The van der Waals surface area contributed by atoms with Gasteiger partial charge in [-0.2, -0.15) is 5.10 Å². The van der Waals surface area contributed by atoms with E-state index in [1.54, 1.807) is 0 Å². The minimum atomic E-state index is 0.0871. The summed E-state index contributed by atoms with van der Waals surface area (Å²) < 4.78 is 2.17. The maximum absolute atomic E-state index is 6.15. The third-order valence-electron chi connectivity index (χ3n) is 3.56. The van der Waals surface area contributed by atoms with Gasteiger partial charge in [-0.3, -0.25) is 4.68 Å². The molecule has 82 valence electrons. The van der Waals surface area contributed by atoms with Crippen LogP contribution >= 0.6 is 0 Å². The van der Waals surface area contributed by atoms with Crippen LogP contribution in [0.2, 0.25) is 0 Å². The van der Waals surface area contributed by atoms with Gasteiger partial charge in [0, 0.05) is 30.4 Å². The van der Waals surface area contributed by atoms with Gasteiger partial charge in [-0.15, -0.1) is 0 Å². The Bertz CT molecular complexity index is 347. The standard InChI is InChI=1S/C11H18N4/c12-11(3-4-11)7-9-2-6-14-15(9)10-1-5-13-8-10/h2,6,10,13H,1,3-5,7-8,12H2. The molecular weight excluding hydrogens is 188 g/mol. The van der Waals surface area contributed by atoms with Crippen LogP contribution in [0.5, 0.6) is 0 Å². The summed E-state index contributed by atoms with van der Waals surface area (Å²) in [5, 5.41) is 7.81. The van der Waals surface area contributed by atoms with Gasteiger partial charge in [0.15, 0.2) is 0 Å². The first-order valence-corrected chi connectivity index (χ1v) is 5.79. The molecule has 1 saturated carbocycles. The molecule has 1 aliphatic carbocycles. The highest BCUT2D eigenvalue weighted by molar-refractivity contribution is 5.13. The maximum Gasteiger partial charge on any atom is 0.0658 e. The molecule has 1 aliphatic heterocycles. The van der Waals surface area contributed by atoms with Crippen LogP contribution in [0.4, 0.5) is 0 Å². The summed E-state index contributed by atoms with van der Waals surface area (Å²) in [5.74, 6) is 0. The van der Waals surface area contributed by atoms with Gasteiger partial charge in [0.05, 0.1) is 6.04 Å². The molecule has 1 aromatic heterocycles. The first kappa shape index (κ1) is 9.36. The molecular formula is C11H18N4. The van der Waals surface area contributed by atoms with Crippen molar-refractivity contribution >= 4 is 0 Å². The van der Waals surface area contributed by atoms with Crippen LogP contribution in [0.15, 0.2) is 12.3 Å². The lowest BCUT2D eigenvalue weighted by Crippen LogP contribution is -2.27. The van der Waals surface area contributed by atoms with Crippen molar-refractivity contribution in [3.05, 3.63) is 18.0 Å². The minimum absolute atomic E-state index is 0.0871. The zero-order valence-electron chi connectivity index (χ0n) is 8.95. The van der Waals surface area contributed by atoms with Gasteiger partial charge in [0.25, 0.3) is 0 Å². The highest BCUT2D eigenvalue weighted by Gasteiger charge is 2.39. The molecule has 1 unspecified atom stereocenters. The third-order valence-corrected chi connectivity index (χ3v) is 3.56. The predicted molar refractivity (Wildman–Crippen MR) is 58.6 cm³/mol. The molecule has 2 heterocycles. The molecule has 4 nitrogen and oxygen atoms in total. The third kappa shape index (κ3) is 1.79. The van der Waals surface area contributed by atoms with E-state index in [4.69, 9.17) is 5.73 Å². The average Bonchev–Trinajstić information content (AvgIpc) is 2.72. The average molecular weight is 206 g/mol. The molecule has 4 heteroatoms. The van der Waals surface area contributed by atoms with Crippen molar-refractivity contribution in [1.29, 1.82) is 0 Å². The molecule has 2 fully saturated rings. The Morgan fingerprint density at radius 1 is 1.60 bits per heavy atom. The van der Waals surface area contributed by atoms with Gasteiger partial charge in [0.2, 0.25) is 0 Å². The summed E-state index contributed by atoms with van der Waals surface area (Å²) >= 11 is 0. The largest absolute Gasteiger partial charge is 0.325 e. The normalized spacial score (nSPS) is 28.2. The monoisotopic (exact) mass is 206 g/mol. The van der Waals surface area contributed by atoms with Crippen molar-refractivity contribution in [3.63, 3.8) is 0 Å². The van der Waals surface area contributed by atoms with Gasteiger partial charge in [-0.25, -0.2) is 0 Å². The van der Waals surface area contributed by atoms with Crippen LogP contribution in [0.3, 0.4) is 0 Å². The molecule has 0 bridgehead atoms. The molecule has 0 amide bonds. The number of rotatable bonds is 3. The Balaban J connectivity index is 1.79. The number of aromatic nitrogens is 2. The van der Waals surface area contributed by atoms with Crippen molar-refractivity contribution in [2.45, 2.75) is 37.3 Å². The van der Waals surface area contributed by atoms with Gasteiger partial charge in [-0.05, 0) is 31.9 Å². The molecule has 1 aromatic rings. The van der Waals surface area contributed by atoms with Gasteiger partial charge in [-0.1, -0.05) is 0 Å². The predicted octanol–water partition coefficient (Wildman–Crippen LogP) is 0.451. The Morgan fingerprint density at radius 2 is 2.47 bits per heavy atom. The van der Waals surface area contributed by atoms with Crippen molar-refractivity contribution < 1.29 is 0 Å². The summed E-state index contributed by atoms with van der Waals surface area (Å²) in [6.45, 7) is 2.16. The molecule has 1 atom stereocenters. The molecule has 15 heavy (non-hydrogen) atoms. The topological polar surface area (TPSA) is 55.9 Å². The number of nitrogens with two attached hydrogens (primary N) is 1. The van der Waals surface area contributed by atoms with Crippen LogP contribution in [-0.4, -0.2) is 28.4 Å². The van der Waals surface area contributed by atoms with E-state index in [0.29, 0.717) is 6.04 Å². The summed E-state index contributed by atoms with van der Waals surface area (Å²) in [6, 6.07) is 2.66. The fourth-order valence-electron chi connectivity index (χ4n) is 2.36. The van der Waals surface area contributed by atoms with E-state index in [9.17, 15) is 0 Å². The maximum atomic E-state index is 6.15. The fourth-order valence-corrected chi connectivity index (χ4v) is 2.36. The van der Waals surface area contributed by atoms with E-state index < -0.39 is 0 Å². The summed E-state index contributed by atoms with van der Waals surface area (Å²) in [7, 11) is 0. The Kier molecular flexibility index (Phi) is 2.07. The van der Waals surface area contributed by atoms with Gasteiger partial charge >= 0.3 is 0 Å². The molecule has 3 rings (SSSR count). The summed E-state index contributed by atoms with van der Waals surface area (Å²) in [4.78, 5) is 0. The van der Waals surface area contributed by atoms with E-state index in [-0.39, 0.29) is 5.54 Å². The fraction of sp³-hybridized carbons (Fsp3) is 0.727. The van der Waals surface area contributed by atoms with Gasteiger partial charge in [0.1, 0.15) is 0 Å². The molecule has 1 saturated heterocycles. The quantitative estimate of drug-likeness (QED) is 0.755. The first-order valence-electron chi connectivity index (χ1n) is 5.79. The van der Waals surface area contributed by atoms with Crippen LogP contribution in [0, 0.1) is 0 Å². The highest BCUT2D eigenvalue weighted by Crippen LogP contribution is 2.36. The van der Waals surface area contributed by atoms with E-state index >= 15 is 0 Å². The number of nitrogens with zero attached hydrogens (tertiary/aromatic N) is 2. The van der Waals surface area contributed by atoms with Gasteiger partial charge < -0.3 is 11.1 Å². The van der Waals surface area contributed by atoms with Crippen molar-refractivity contribution in [3.8, 4) is 0 Å². The minimum Gasteiger partial charge on any atom is -0.325 e. The van der Waals surface area contributed by atoms with Crippen LogP contribution < -0.4 is 11.1 Å². The lowest BCUT2D eigenvalue weighted by atomic mass is 10.1. The first-order chi connectivity index (χ1) is 7.27. The van der Waals surface area contributed by atoms with E-state index in [2.05, 4.69) is 21.2 Å². The molecule has 0 radical (unpaired) electrons. The number of hydrogen-bond donors (Lipinski definition) is 2. The zero-order chi connectivity index (χ0) is 10.3. The molecule has 3 N–H and O–H groups in total. The van der Waals surface area contributed by atoms with Crippen molar-refractivity contribution in [2.24, 2.45) is 5.73 Å². The molecule has 0 spiro atoms. The second-order valence-electron chi connectivity index (χ2n) is 4.95. The lowest BCUT2D eigenvalue weighted by molar-refractivity contribution is 0.460. The van der Waals surface area contributed by atoms with Crippen LogP contribution in [0.1, 0.15) is 31.0 Å².